The van der Waals surface area contributed by atoms with Gasteiger partial charge < -0.3 is 14.8 Å². The largest absolute Gasteiger partial charge is 0.467 e. The highest BCUT2D eigenvalue weighted by molar-refractivity contribution is 5.90. The molecule has 0 saturated carbocycles. The first kappa shape index (κ1) is 20.3. The van der Waals surface area contributed by atoms with Gasteiger partial charge in [0.05, 0.1) is 7.11 Å². The lowest BCUT2D eigenvalue weighted by Crippen LogP contribution is -2.44. The van der Waals surface area contributed by atoms with E-state index in [2.05, 4.69) is 10.1 Å². The maximum atomic E-state index is 13.4. The van der Waals surface area contributed by atoms with Gasteiger partial charge in [-0.15, -0.1) is 0 Å². The first-order chi connectivity index (χ1) is 11.8. The monoisotopic (exact) mass is 351 g/mol. The van der Waals surface area contributed by atoms with Crippen LogP contribution in [0.5, 0.6) is 0 Å². The maximum Gasteiger partial charge on any atom is 0.331 e. The van der Waals surface area contributed by atoms with Crippen molar-refractivity contribution in [3.8, 4) is 0 Å². The number of hydrogen-bond acceptors (Lipinski definition) is 5. The lowest BCUT2D eigenvalue weighted by molar-refractivity contribution is -0.148. The Bertz CT molecular complexity index is 642. The Morgan fingerprint density at radius 1 is 1.24 bits per heavy atom. The van der Waals surface area contributed by atoms with Crippen LogP contribution in [0.4, 0.5) is 4.39 Å². The fourth-order valence-electron chi connectivity index (χ4n) is 2.02. The van der Waals surface area contributed by atoms with Gasteiger partial charge in [-0.2, -0.15) is 0 Å². The van der Waals surface area contributed by atoms with Crippen molar-refractivity contribution in [1.29, 1.82) is 0 Å². The first-order valence-electron chi connectivity index (χ1n) is 7.80. The summed E-state index contributed by atoms with van der Waals surface area (Å²) >= 11 is 0. The van der Waals surface area contributed by atoms with Gasteiger partial charge in [0.2, 0.25) is 0 Å². The van der Waals surface area contributed by atoms with E-state index in [0.717, 1.165) is 6.08 Å². The summed E-state index contributed by atoms with van der Waals surface area (Å²) in [6.45, 7) is 3.25. The standard InChI is InChI=1S/C18H22FNO5/c1-12(2)10-15(18(23)24-3)20-16(21)11-25-17(22)9-8-13-6-4-5-7-14(13)19/h4-9,12,15H,10-11H2,1-3H3,(H,20,21)/b9-8+/t15-/m0/s1. The van der Waals surface area contributed by atoms with Crippen LogP contribution in [0.25, 0.3) is 6.08 Å². The van der Waals surface area contributed by atoms with Crippen LogP contribution in [-0.2, 0) is 23.9 Å². The molecule has 7 heteroatoms. The zero-order valence-electron chi connectivity index (χ0n) is 14.5. The highest BCUT2D eigenvalue weighted by Crippen LogP contribution is 2.08. The third kappa shape index (κ3) is 7.60. The number of amides is 1. The second-order valence-corrected chi connectivity index (χ2v) is 5.74. The molecule has 0 radical (unpaired) electrons. The molecule has 136 valence electrons. The Kier molecular flexibility index (Phi) is 8.32. The average Bonchev–Trinajstić information content (AvgIpc) is 2.57. The highest BCUT2D eigenvalue weighted by atomic mass is 19.1. The summed E-state index contributed by atoms with van der Waals surface area (Å²) in [6.07, 6.45) is 2.68. The highest BCUT2D eigenvalue weighted by Gasteiger charge is 2.22. The molecule has 0 spiro atoms. The molecule has 0 saturated heterocycles. The molecule has 0 aliphatic rings. The average molecular weight is 351 g/mol. The molecule has 0 aliphatic heterocycles. The molecule has 0 heterocycles. The Morgan fingerprint density at radius 3 is 2.52 bits per heavy atom. The second-order valence-electron chi connectivity index (χ2n) is 5.74. The molecule has 1 atom stereocenters. The summed E-state index contributed by atoms with van der Waals surface area (Å²) in [5.41, 5.74) is 0.228. The van der Waals surface area contributed by atoms with E-state index in [1.807, 2.05) is 13.8 Å². The van der Waals surface area contributed by atoms with Gasteiger partial charge in [0.1, 0.15) is 11.9 Å². The van der Waals surface area contributed by atoms with Gasteiger partial charge in [-0.05, 0) is 24.5 Å². The topological polar surface area (TPSA) is 81.7 Å². The van der Waals surface area contributed by atoms with Gasteiger partial charge in [0.15, 0.2) is 6.61 Å². The van der Waals surface area contributed by atoms with Crippen molar-refractivity contribution < 1.29 is 28.2 Å². The Labute approximate surface area is 146 Å². The minimum atomic E-state index is -0.801. The molecule has 1 rings (SSSR count). The fraction of sp³-hybridized carbons (Fsp3) is 0.389. The van der Waals surface area contributed by atoms with Crippen molar-refractivity contribution in [2.45, 2.75) is 26.3 Å². The van der Waals surface area contributed by atoms with E-state index in [4.69, 9.17) is 4.74 Å². The van der Waals surface area contributed by atoms with Crippen LogP contribution in [-0.4, -0.2) is 37.6 Å². The molecule has 0 fully saturated rings. The van der Waals surface area contributed by atoms with E-state index in [-0.39, 0.29) is 11.5 Å². The van der Waals surface area contributed by atoms with Crippen LogP contribution < -0.4 is 5.32 Å². The lowest BCUT2D eigenvalue weighted by atomic mass is 10.0. The summed E-state index contributed by atoms with van der Waals surface area (Å²) in [4.78, 5) is 35.0. The summed E-state index contributed by atoms with van der Waals surface area (Å²) in [5, 5.41) is 2.46. The Hall–Kier alpha value is -2.70. The van der Waals surface area contributed by atoms with Crippen LogP contribution in [0.1, 0.15) is 25.8 Å². The summed E-state index contributed by atoms with van der Waals surface area (Å²) in [6, 6.07) is 5.12. The number of halogens is 1. The normalized spacial score (nSPS) is 12.0. The van der Waals surface area contributed by atoms with Crippen molar-refractivity contribution in [3.63, 3.8) is 0 Å². The van der Waals surface area contributed by atoms with Gasteiger partial charge >= 0.3 is 11.9 Å². The second kappa shape index (κ2) is 10.2. The third-order valence-corrected chi connectivity index (χ3v) is 3.18. The predicted octanol–water partition coefficient (Wildman–Crippen LogP) is 2.09. The molecule has 0 aromatic heterocycles. The van der Waals surface area contributed by atoms with Gasteiger partial charge in [0.25, 0.3) is 5.91 Å². The van der Waals surface area contributed by atoms with Gasteiger partial charge in [-0.1, -0.05) is 32.0 Å². The lowest BCUT2D eigenvalue weighted by Gasteiger charge is -2.18. The fourth-order valence-corrected chi connectivity index (χ4v) is 2.02. The van der Waals surface area contributed by atoms with Crippen LogP contribution in [0.3, 0.4) is 0 Å². The molecule has 0 aliphatic carbocycles. The van der Waals surface area contributed by atoms with Crippen LogP contribution in [0.15, 0.2) is 30.3 Å². The van der Waals surface area contributed by atoms with E-state index >= 15 is 0 Å². The molecule has 0 unspecified atom stereocenters. The van der Waals surface area contributed by atoms with Gasteiger partial charge in [0, 0.05) is 11.6 Å². The zero-order chi connectivity index (χ0) is 18.8. The number of carbonyl (C=O) groups excluding carboxylic acids is 3. The Balaban J connectivity index is 2.50. The SMILES string of the molecule is COC(=O)[C@H](CC(C)C)NC(=O)COC(=O)/C=C/c1ccccc1F. The van der Waals surface area contributed by atoms with Crippen LogP contribution >= 0.6 is 0 Å². The van der Waals surface area contributed by atoms with E-state index in [9.17, 15) is 18.8 Å². The minimum Gasteiger partial charge on any atom is -0.467 e. The van der Waals surface area contributed by atoms with Crippen molar-refractivity contribution in [2.75, 3.05) is 13.7 Å². The van der Waals surface area contributed by atoms with Crippen molar-refractivity contribution in [3.05, 3.63) is 41.7 Å². The smallest absolute Gasteiger partial charge is 0.331 e. The zero-order valence-corrected chi connectivity index (χ0v) is 14.5. The van der Waals surface area contributed by atoms with Crippen molar-refractivity contribution in [2.24, 2.45) is 5.92 Å². The molecule has 1 amide bonds. The summed E-state index contributed by atoms with van der Waals surface area (Å²) in [5.74, 6) is -2.29. The number of rotatable bonds is 8. The predicted molar refractivity (Wildman–Crippen MR) is 89.8 cm³/mol. The number of nitrogens with one attached hydrogen (secondary N) is 1. The van der Waals surface area contributed by atoms with Crippen LogP contribution in [0, 0.1) is 11.7 Å². The van der Waals surface area contributed by atoms with Gasteiger partial charge in [-0.3, -0.25) is 4.79 Å². The van der Waals surface area contributed by atoms with Crippen molar-refractivity contribution in [1.82, 2.24) is 5.32 Å². The van der Waals surface area contributed by atoms with Crippen LogP contribution in [0.2, 0.25) is 0 Å². The molecule has 1 aromatic carbocycles. The molecule has 0 bridgehead atoms. The number of benzene rings is 1. The van der Waals surface area contributed by atoms with E-state index in [0.29, 0.717) is 6.42 Å². The quantitative estimate of drug-likeness (QED) is 0.573. The van der Waals surface area contributed by atoms with Gasteiger partial charge in [-0.25, -0.2) is 14.0 Å². The number of esters is 2. The van der Waals surface area contributed by atoms with Crippen molar-refractivity contribution >= 4 is 23.9 Å². The molecular formula is C18H22FNO5. The number of hydrogen-bond donors (Lipinski definition) is 1. The summed E-state index contributed by atoms with van der Waals surface area (Å²) < 4.78 is 22.8. The summed E-state index contributed by atoms with van der Waals surface area (Å²) in [7, 11) is 1.23. The molecular weight excluding hydrogens is 329 g/mol. The minimum absolute atomic E-state index is 0.163. The maximum absolute atomic E-state index is 13.4. The molecule has 6 nitrogen and oxygen atoms in total. The Morgan fingerprint density at radius 2 is 1.92 bits per heavy atom. The van der Waals surface area contributed by atoms with E-state index in [1.165, 1.54) is 31.4 Å². The number of methoxy groups -OCH3 is 1. The number of carbonyl (C=O) groups is 3. The number of ether oxygens (including phenoxy) is 2. The third-order valence-electron chi connectivity index (χ3n) is 3.18. The van der Waals surface area contributed by atoms with E-state index in [1.54, 1.807) is 6.07 Å². The molecule has 1 aromatic rings. The first-order valence-corrected chi connectivity index (χ1v) is 7.80. The molecule has 25 heavy (non-hydrogen) atoms. The molecule has 1 N–H and O–H groups in total. The van der Waals surface area contributed by atoms with E-state index < -0.39 is 36.3 Å².